The molecule has 1 aliphatic rings. The van der Waals surface area contributed by atoms with Crippen LogP contribution in [0.4, 0.5) is 16.0 Å². The molecule has 0 aliphatic carbocycles. The van der Waals surface area contributed by atoms with E-state index in [0.29, 0.717) is 11.4 Å². The first-order chi connectivity index (χ1) is 14.1. The monoisotopic (exact) mass is 394 g/mol. The van der Waals surface area contributed by atoms with Gasteiger partial charge in [0.1, 0.15) is 29.5 Å². The van der Waals surface area contributed by atoms with Crippen molar-refractivity contribution < 1.29 is 9.18 Å². The second kappa shape index (κ2) is 8.17. The molecule has 1 saturated heterocycles. The molecule has 148 valence electrons. The molecule has 0 saturated carbocycles. The third-order valence-corrected chi connectivity index (χ3v) is 4.64. The van der Waals surface area contributed by atoms with Crippen LogP contribution in [0, 0.1) is 5.82 Å². The zero-order chi connectivity index (χ0) is 20.2. The lowest BCUT2D eigenvalue weighted by atomic mass is 10.2. The first-order valence-corrected chi connectivity index (χ1v) is 9.29. The summed E-state index contributed by atoms with van der Waals surface area (Å²) in [5.74, 6) is 0.222. The highest BCUT2D eigenvalue weighted by Gasteiger charge is 2.16. The molecule has 0 unspecified atom stereocenters. The lowest BCUT2D eigenvalue weighted by Crippen LogP contribution is -2.27. The molecule has 3 heterocycles. The first kappa shape index (κ1) is 18.7. The van der Waals surface area contributed by atoms with Crippen LogP contribution in [-0.4, -0.2) is 38.7 Å². The van der Waals surface area contributed by atoms with Crippen LogP contribution in [0.2, 0.25) is 0 Å². The van der Waals surface area contributed by atoms with E-state index in [1.807, 2.05) is 0 Å². The maximum Gasteiger partial charge on any atom is 0.277 e. The van der Waals surface area contributed by atoms with Crippen LogP contribution in [0.3, 0.4) is 0 Å². The molecule has 0 radical (unpaired) electrons. The highest BCUT2D eigenvalue weighted by molar-refractivity contribution is 6.02. The van der Waals surface area contributed by atoms with Crippen molar-refractivity contribution in [2.75, 3.05) is 23.3 Å². The molecule has 1 N–H and O–H groups in total. The Morgan fingerprint density at radius 3 is 2.72 bits per heavy atom. The second-order valence-electron chi connectivity index (χ2n) is 6.75. The summed E-state index contributed by atoms with van der Waals surface area (Å²) >= 11 is 0. The fourth-order valence-corrected chi connectivity index (χ4v) is 3.21. The van der Waals surface area contributed by atoms with Crippen molar-refractivity contribution in [1.29, 1.82) is 0 Å². The smallest absolute Gasteiger partial charge is 0.277 e. The maximum absolute atomic E-state index is 13.4. The van der Waals surface area contributed by atoms with Crippen molar-refractivity contribution in [2.24, 2.45) is 0 Å². The quantitative estimate of drug-likeness (QED) is 0.712. The molecule has 0 atom stereocenters. The number of benzene rings is 1. The SMILES string of the molecule is O=C(Nc1cc(N2CCCC2)ncn1)c1ccc(=O)n(Cc2cccc(F)c2)n1. The molecule has 3 aromatic rings. The average molecular weight is 394 g/mol. The molecular formula is C20H19FN6O2. The lowest BCUT2D eigenvalue weighted by Gasteiger charge is -2.16. The molecule has 8 nitrogen and oxygen atoms in total. The summed E-state index contributed by atoms with van der Waals surface area (Å²) in [6, 6.07) is 10.2. The van der Waals surface area contributed by atoms with Gasteiger partial charge in [-0.05, 0) is 36.6 Å². The van der Waals surface area contributed by atoms with Crippen molar-refractivity contribution in [2.45, 2.75) is 19.4 Å². The zero-order valence-electron chi connectivity index (χ0n) is 15.6. The standard InChI is InChI=1S/C20H19FN6O2/c21-15-5-3-4-14(10-15)12-27-19(28)7-6-16(25-27)20(29)24-17-11-18(23-13-22-17)26-8-1-2-9-26/h3-7,10-11,13H,1-2,8-9,12H2,(H,22,23,24,29). The van der Waals surface area contributed by atoms with Gasteiger partial charge in [0.25, 0.3) is 11.5 Å². The summed E-state index contributed by atoms with van der Waals surface area (Å²) in [5.41, 5.74) is 0.245. The maximum atomic E-state index is 13.4. The number of carbonyl (C=O) groups is 1. The van der Waals surface area contributed by atoms with Gasteiger partial charge in [-0.1, -0.05) is 12.1 Å². The third kappa shape index (κ3) is 4.45. The Balaban J connectivity index is 1.52. The number of amides is 1. The van der Waals surface area contributed by atoms with Crippen molar-refractivity contribution >= 4 is 17.5 Å². The van der Waals surface area contributed by atoms with Gasteiger partial charge < -0.3 is 10.2 Å². The van der Waals surface area contributed by atoms with Crippen LogP contribution in [0.25, 0.3) is 0 Å². The van der Waals surface area contributed by atoms with E-state index in [2.05, 4.69) is 25.3 Å². The average Bonchev–Trinajstić information content (AvgIpc) is 3.25. The predicted molar refractivity (Wildman–Crippen MR) is 105 cm³/mol. The van der Waals surface area contributed by atoms with E-state index in [1.165, 1.54) is 30.6 Å². The third-order valence-electron chi connectivity index (χ3n) is 4.64. The molecule has 0 spiro atoms. The van der Waals surface area contributed by atoms with E-state index in [-0.39, 0.29) is 17.8 Å². The van der Waals surface area contributed by atoms with Gasteiger partial charge in [-0.25, -0.2) is 19.0 Å². The van der Waals surface area contributed by atoms with Crippen molar-refractivity contribution in [1.82, 2.24) is 19.7 Å². The van der Waals surface area contributed by atoms with E-state index >= 15 is 0 Å². The zero-order valence-corrected chi connectivity index (χ0v) is 15.6. The van der Waals surface area contributed by atoms with Crippen molar-refractivity contribution in [3.05, 3.63) is 76.2 Å². The molecule has 2 aromatic heterocycles. The number of hydrogen-bond donors (Lipinski definition) is 1. The minimum absolute atomic E-state index is 0.0577. The summed E-state index contributed by atoms with van der Waals surface area (Å²) in [7, 11) is 0. The van der Waals surface area contributed by atoms with Crippen molar-refractivity contribution in [3.8, 4) is 0 Å². The second-order valence-corrected chi connectivity index (χ2v) is 6.75. The van der Waals surface area contributed by atoms with E-state index < -0.39 is 11.7 Å². The molecule has 1 amide bonds. The molecular weight excluding hydrogens is 375 g/mol. The summed E-state index contributed by atoms with van der Waals surface area (Å²) in [6.45, 7) is 1.92. The fraction of sp³-hybridized carbons (Fsp3) is 0.250. The molecule has 29 heavy (non-hydrogen) atoms. The van der Waals surface area contributed by atoms with Gasteiger partial charge in [0.05, 0.1) is 6.54 Å². The van der Waals surface area contributed by atoms with Gasteiger partial charge >= 0.3 is 0 Å². The number of aromatic nitrogens is 4. The Labute approximate surface area is 166 Å². The lowest BCUT2D eigenvalue weighted by molar-refractivity contribution is 0.101. The van der Waals surface area contributed by atoms with Crippen molar-refractivity contribution in [3.63, 3.8) is 0 Å². The topological polar surface area (TPSA) is 93.0 Å². The van der Waals surface area contributed by atoms with Gasteiger partial charge in [0, 0.05) is 25.2 Å². The van der Waals surface area contributed by atoms with E-state index in [4.69, 9.17) is 0 Å². The Morgan fingerprint density at radius 2 is 1.93 bits per heavy atom. The highest BCUT2D eigenvalue weighted by atomic mass is 19.1. The molecule has 4 rings (SSSR count). The Kier molecular flexibility index (Phi) is 5.28. The molecule has 1 aliphatic heterocycles. The van der Waals surface area contributed by atoms with Gasteiger partial charge in [-0.2, -0.15) is 5.10 Å². The van der Waals surface area contributed by atoms with Crippen LogP contribution in [-0.2, 0) is 6.54 Å². The van der Waals surface area contributed by atoms with Gasteiger partial charge in [-0.3, -0.25) is 9.59 Å². The van der Waals surface area contributed by atoms with Gasteiger partial charge in [0.15, 0.2) is 0 Å². The van der Waals surface area contributed by atoms with E-state index in [1.54, 1.807) is 18.2 Å². The number of anilines is 2. The van der Waals surface area contributed by atoms with Crippen LogP contribution in [0.5, 0.6) is 0 Å². The number of nitrogens with one attached hydrogen (secondary N) is 1. The number of halogens is 1. The summed E-state index contributed by atoms with van der Waals surface area (Å²) in [4.78, 5) is 35.1. The number of hydrogen-bond acceptors (Lipinski definition) is 6. The minimum Gasteiger partial charge on any atom is -0.356 e. The molecule has 1 fully saturated rings. The number of carbonyl (C=O) groups excluding carboxylic acids is 1. The fourth-order valence-electron chi connectivity index (χ4n) is 3.21. The highest BCUT2D eigenvalue weighted by Crippen LogP contribution is 2.19. The van der Waals surface area contributed by atoms with Crippen LogP contribution in [0.1, 0.15) is 28.9 Å². The molecule has 9 heteroatoms. The normalized spacial score (nSPS) is 13.5. The predicted octanol–water partition coefficient (Wildman–Crippen LogP) is 2.07. The molecule has 0 bridgehead atoms. The first-order valence-electron chi connectivity index (χ1n) is 9.29. The Hall–Kier alpha value is -3.62. The summed E-state index contributed by atoms with van der Waals surface area (Å²) in [6.07, 6.45) is 3.63. The Bertz CT molecular complexity index is 1090. The van der Waals surface area contributed by atoms with Crippen LogP contribution < -0.4 is 15.8 Å². The van der Waals surface area contributed by atoms with E-state index in [9.17, 15) is 14.0 Å². The van der Waals surface area contributed by atoms with Gasteiger partial charge in [0.2, 0.25) is 0 Å². The number of rotatable bonds is 5. The van der Waals surface area contributed by atoms with Crippen LogP contribution >= 0.6 is 0 Å². The Morgan fingerprint density at radius 1 is 1.10 bits per heavy atom. The summed E-state index contributed by atoms with van der Waals surface area (Å²) < 4.78 is 14.5. The van der Waals surface area contributed by atoms with Crippen LogP contribution in [0.15, 0.2) is 53.6 Å². The van der Waals surface area contributed by atoms with Gasteiger partial charge in [-0.15, -0.1) is 0 Å². The molecule has 1 aromatic carbocycles. The van der Waals surface area contributed by atoms with E-state index in [0.717, 1.165) is 36.4 Å². The number of nitrogens with zero attached hydrogens (tertiary/aromatic N) is 5. The summed E-state index contributed by atoms with van der Waals surface area (Å²) in [5, 5.41) is 6.80. The largest absolute Gasteiger partial charge is 0.356 e. The minimum atomic E-state index is -0.496.